The molecule has 0 bridgehead atoms. The van der Waals surface area contributed by atoms with Gasteiger partial charge in [0, 0.05) is 60.5 Å². The van der Waals surface area contributed by atoms with Gasteiger partial charge in [0.1, 0.15) is 5.75 Å². The zero-order valence-corrected chi connectivity index (χ0v) is 20.4. The fourth-order valence-corrected chi connectivity index (χ4v) is 5.48. The lowest BCUT2D eigenvalue weighted by Gasteiger charge is -2.38. The molecule has 2 aliphatic rings. The molecule has 2 amide bonds. The van der Waals surface area contributed by atoms with E-state index in [9.17, 15) is 9.59 Å². The van der Waals surface area contributed by atoms with E-state index in [-0.39, 0.29) is 11.8 Å². The predicted octanol–water partition coefficient (Wildman–Crippen LogP) is 4.46. The van der Waals surface area contributed by atoms with Gasteiger partial charge in [-0.05, 0) is 54.3 Å². The fourth-order valence-electron chi connectivity index (χ4n) is 5.48. The fraction of sp³-hybridized carbons (Fsp3) is 0.276. The molecule has 3 aromatic carbocycles. The molecule has 2 saturated heterocycles. The third-order valence-corrected chi connectivity index (χ3v) is 7.66. The zero-order valence-electron chi connectivity index (χ0n) is 20.4. The number of anilines is 1. The molecule has 3 aromatic rings. The van der Waals surface area contributed by atoms with Crippen molar-refractivity contribution in [2.75, 3.05) is 31.6 Å². The number of amides is 2. The van der Waals surface area contributed by atoms with E-state index in [1.54, 1.807) is 7.11 Å². The third-order valence-electron chi connectivity index (χ3n) is 7.66. The number of methoxy groups -OCH3 is 1. The highest BCUT2D eigenvalue weighted by molar-refractivity contribution is 6.09. The van der Waals surface area contributed by atoms with Gasteiger partial charge < -0.3 is 25.7 Å². The summed E-state index contributed by atoms with van der Waals surface area (Å²) in [5.41, 5.74) is 7.92. The smallest absolute Gasteiger partial charge is 0.253 e. The van der Waals surface area contributed by atoms with Gasteiger partial charge in [0.2, 0.25) is 5.91 Å². The Morgan fingerprint density at radius 3 is 2.42 bits per heavy atom. The summed E-state index contributed by atoms with van der Waals surface area (Å²) in [6.07, 6.45) is 4.63. The molecule has 7 nitrogen and oxygen atoms in total. The number of nitrogens with one attached hydrogen (secondary N) is 1. The number of rotatable bonds is 5. The van der Waals surface area contributed by atoms with Crippen molar-refractivity contribution < 1.29 is 14.3 Å². The summed E-state index contributed by atoms with van der Waals surface area (Å²) >= 11 is 0. The molecule has 184 valence electrons. The molecule has 7 heteroatoms. The molecule has 0 aliphatic carbocycles. The van der Waals surface area contributed by atoms with Crippen molar-refractivity contribution in [1.29, 1.82) is 5.41 Å². The number of hydrogen-bond donors (Lipinski definition) is 2. The van der Waals surface area contributed by atoms with Gasteiger partial charge in [-0.1, -0.05) is 30.3 Å². The summed E-state index contributed by atoms with van der Waals surface area (Å²) in [4.78, 5) is 30.5. The van der Waals surface area contributed by atoms with Gasteiger partial charge in [-0.2, -0.15) is 0 Å². The van der Waals surface area contributed by atoms with Crippen LogP contribution < -0.4 is 15.4 Å². The highest BCUT2D eigenvalue weighted by Crippen LogP contribution is 2.44. The Morgan fingerprint density at radius 1 is 1.00 bits per heavy atom. The van der Waals surface area contributed by atoms with Gasteiger partial charge in [0.25, 0.3) is 5.91 Å². The van der Waals surface area contributed by atoms with Crippen LogP contribution in [0.5, 0.6) is 5.75 Å². The lowest BCUT2D eigenvalue weighted by Crippen LogP contribution is -2.46. The largest absolute Gasteiger partial charge is 0.496 e. The second-order valence-electron chi connectivity index (χ2n) is 9.49. The van der Waals surface area contributed by atoms with Crippen LogP contribution in [0.15, 0.2) is 66.9 Å². The lowest BCUT2D eigenvalue weighted by atomic mass is 9.77. The number of hydrogen-bond acceptors (Lipinski definition) is 5. The zero-order chi connectivity index (χ0) is 25.3. The van der Waals surface area contributed by atoms with Gasteiger partial charge in [0.15, 0.2) is 0 Å². The molecule has 0 radical (unpaired) electrons. The first-order valence-electron chi connectivity index (χ1n) is 12.2. The average molecular weight is 483 g/mol. The first-order valence-corrected chi connectivity index (χ1v) is 12.2. The van der Waals surface area contributed by atoms with Crippen LogP contribution in [-0.4, -0.2) is 49.7 Å². The second-order valence-corrected chi connectivity index (χ2v) is 9.49. The maximum Gasteiger partial charge on any atom is 0.253 e. The van der Waals surface area contributed by atoms with E-state index in [4.69, 9.17) is 15.9 Å². The standard InChI is InChI=1S/C29H30N4O3/c1-36-26-17-24(8-9-25(26)23(18-30)19-31)33-15-12-29(28(33)35)10-13-32(14-11-29)27(34)22-7-6-20-4-2-3-5-21(20)16-22/h2-9,16-19,30H,10-15,31H2,1H3/b23-19+,30-18?. The van der Waals surface area contributed by atoms with Crippen molar-refractivity contribution in [1.82, 2.24) is 4.90 Å². The number of benzene rings is 3. The Morgan fingerprint density at radius 2 is 1.72 bits per heavy atom. The lowest BCUT2D eigenvalue weighted by molar-refractivity contribution is -0.127. The van der Waals surface area contributed by atoms with E-state index in [0.29, 0.717) is 54.9 Å². The minimum absolute atomic E-state index is 0.0215. The molecular weight excluding hydrogens is 452 g/mol. The van der Waals surface area contributed by atoms with E-state index >= 15 is 0 Å². The number of nitrogens with zero attached hydrogens (tertiary/aromatic N) is 2. The number of allylic oxidation sites excluding steroid dienone is 1. The van der Waals surface area contributed by atoms with Crippen LogP contribution in [0.3, 0.4) is 0 Å². The van der Waals surface area contributed by atoms with Crippen molar-refractivity contribution in [3.63, 3.8) is 0 Å². The molecule has 2 aliphatic heterocycles. The molecule has 0 unspecified atom stereocenters. The van der Waals surface area contributed by atoms with Crippen molar-refractivity contribution in [3.05, 3.63) is 78.0 Å². The molecule has 0 saturated carbocycles. The minimum Gasteiger partial charge on any atom is -0.496 e. The van der Waals surface area contributed by atoms with Crippen LogP contribution in [0.1, 0.15) is 35.2 Å². The Balaban J connectivity index is 1.30. The van der Waals surface area contributed by atoms with Crippen molar-refractivity contribution >= 4 is 40.1 Å². The summed E-state index contributed by atoms with van der Waals surface area (Å²) in [6.45, 7) is 1.76. The number of carbonyl (C=O) groups excluding carboxylic acids is 2. The topological polar surface area (TPSA) is 99.7 Å². The van der Waals surface area contributed by atoms with E-state index in [2.05, 4.69) is 0 Å². The molecule has 2 fully saturated rings. The van der Waals surface area contributed by atoms with E-state index < -0.39 is 5.41 Å². The van der Waals surface area contributed by atoms with E-state index in [1.165, 1.54) is 12.4 Å². The van der Waals surface area contributed by atoms with E-state index in [1.807, 2.05) is 70.5 Å². The van der Waals surface area contributed by atoms with Crippen LogP contribution in [0.2, 0.25) is 0 Å². The Hall–Kier alpha value is -4.13. The maximum absolute atomic E-state index is 13.6. The molecule has 1 spiro atoms. The number of carbonyl (C=O) groups is 2. The number of piperidine rings is 1. The number of likely N-dealkylation sites (tertiary alicyclic amines) is 1. The predicted molar refractivity (Wildman–Crippen MR) is 142 cm³/mol. The molecule has 0 aromatic heterocycles. The molecular formula is C29H30N4O3. The van der Waals surface area contributed by atoms with Crippen molar-refractivity contribution in [3.8, 4) is 5.75 Å². The van der Waals surface area contributed by atoms with E-state index in [0.717, 1.165) is 22.9 Å². The first kappa shape index (κ1) is 23.6. The Labute approximate surface area is 210 Å². The molecule has 3 N–H and O–H groups in total. The average Bonchev–Trinajstić information content (AvgIpc) is 3.24. The summed E-state index contributed by atoms with van der Waals surface area (Å²) in [6, 6.07) is 19.4. The monoisotopic (exact) mass is 482 g/mol. The second kappa shape index (κ2) is 9.49. The van der Waals surface area contributed by atoms with Gasteiger partial charge in [-0.15, -0.1) is 0 Å². The maximum atomic E-state index is 13.6. The van der Waals surface area contributed by atoms with Crippen LogP contribution in [-0.2, 0) is 4.79 Å². The van der Waals surface area contributed by atoms with Crippen molar-refractivity contribution in [2.45, 2.75) is 19.3 Å². The van der Waals surface area contributed by atoms with Gasteiger partial charge in [0.05, 0.1) is 12.5 Å². The quantitative estimate of drug-likeness (QED) is 0.525. The summed E-state index contributed by atoms with van der Waals surface area (Å²) in [7, 11) is 1.57. The highest BCUT2D eigenvalue weighted by atomic mass is 16.5. The SMILES string of the molecule is COc1cc(N2CCC3(CCN(C(=O)c4ccc5ccccc5c4)CC3)C2=O)ccc1/C(C=N)=C/N. The number of fused-ring (bicyclic) bond motifs is 1. The Kier molecular flexibility index (Phi) is 6.22. The van der Waals surface area contributed by atoms with Crippen molar-refractivity contribution in [2.24, 2.45) is 11.1 Å². The van der Waals surface area contributed by atoms with Gasteiger partial charge in [-0.3, -0.25) is 9.59 Å². The number of nitrogens with two attached hydrogens (primary N) is 1. The summed E-state index contributed by atoms with van der Waals surface area (Å²) in [5, 5.41) is 9.73. The first-order chi connectivity index (χ1) is 17.5. The summed E-state index contributed by atoms with van der Waals surface area (Å²) < 4.78 is 5.53. The Bertz CT molecular complexity index is 1370. The molecule has 5 rings (SSSR count). The highest BCUT2D eigenvalue weighted by Gasteiger charge is 2.49. The van der Waals surface area contributed by atoms with Gasteiger partial charge in [-0.25, -0.2) is 0 Å². The van der Waals surface area contributed by atoms with Crippen LogP contribution in [0, 0.1) is 10.8 Å². The summed E-state index contributed by atoms with van der Waals surface area (Å²) in [5.74, 6) is 0.696. The molecule has 2 heterocycles. The molecule has 36 heavy (non-hydrogen) atoms. The van der Waals surface area contributed by atoms with Gasteiger partial charge >= 0.3 is 0 Å². The van der Waals surface area contributed by atoms with Crippen LogP contribution in [0.25, 0.3) is 16.3 Å². The number of ether oxygens (including phenoxy) is 1. The van der Waals surface area contributed by atoms with Crippen LogP contribution >= 0.6 is 0 Å². The molecule has 0 atom stereocenters. The minimum atomic E-state index is -0.441. The normalized spacial score (nSPS) is 17.6. The third kappa shape index (κ3) is 4.00. The van der Waals surface area contributed by atoms with Crippen LogP contribution in [0.4, 0.5) is 5.69 Å².